The van der Waals surface area contributed by atoms with Crippen LogP contribution >= 0.6 is 23.2 Å². The highest BCUT2D eigenvalue weighted by atomic mass is 35.5. The second kappa shape index (κ2) is 11.5. The molecule has 1 aliphatic rings. The van der Waals surface area contributed by atoms with Crippen LogP contribution in [0.4, 0.5) is 15.8 Å². The van der Waals surface area contributed by atoms with E-state index < -0.39 is 49.6 Å². The number of amides is 3. The van der Waals surface area contributed by atoms with Gasteiger partial charge in [0.15, 0.2) is 5.15 Å². The van der Waals surface area contributed by atoms with E-state index in [-0.39, 0.29) is 17.3 Å². The first-order valence-electron chi connectivity index (χ1n) is 14.4. The van der Waals surface area contributed by atoms with Gasteiger partial charge in [-0.25, -0.2) is 9.07 Å². The number of hydrogen-bond donors (Lipinski definition) is 1. The minimum Gasteiger partial charge on any atom is -0.324 e. The molecule has 1 fully saturated rings. The van der Waals surface area contributed by atoms with Crippen molar-refractivity contribution in [3.05, 3.63) is 94.6 Å². The molecule has 1 N–H and O–H groups in total. The van der Waals surface area contributed by atoms with Gasteiger partial charge in [-0.1, -0.05) is 40.5 Å². The van der Waals surface area contributed by atoms with Crippen molar-refractivity contribution in [2.75, 3.05) is 23.3 Å². The third-order valence-electron chi connectivity index (χ3n) is 6.95. The zero-order valence-electron chi connectivity index (χ0n) is 25.1. The first-order chi connectivity index (χ1) is 21.9. The number of benzene rings is 3. The lowest BCUT2D eigenvalue weighted by atomic mass is 10.0. The van der Waals surface area contributed by atoms with Gasteiger partial charge in [0.1, 0.15) is 24.9 Å². The van der Waals surface area contributed by atoms with Crippen LogP contribution < -0.4 is 10.2 Å². The summed E-state index contributed by atoms with van der Waals surface area (Å²) in [7, 11) is 0. The van der Waals surface area contributed by atoms with Crippen LogP contribution in [0.2, 0.25) is 10.2 Å². The normalized spacial score (nSPS) is 15.7. The van der Waals surface area contributed by atoms with Crippen LogP contribution in [0.25, 0.3) is 16.6 Å². The lowest BCUT2D eigenvalue weighted by Crippen LogP contribution is -2.60. The molecule has 3 aromatic carbocycles. The first kappa shape index (κ1) is 24.8. The molecule has 0 saturated carbocycles. The van der Waals surface area contributed by atoms with Crippen LogP contribution in [0.1, 0.15) is 9.68 Å². The smallest absolute Gasteiger partial charge is 0.247 e. The molecular weight excluding hydrogens is 598 g/mol. The van der Waals surface area contributed by atoms with Crippen molar-refractivity contribution < 1.29 is 22.9 Å². The van der Waals surface area contributed by atoms with Crippen molar-refractivity contribution in [3.63, 3.8) is 0 Å². The van der Waals surface area contributed by atoms with Gasteiger partial charge in [0.25, 0.3) is 0 Å². The van der Waals surface area contributed by atoms with Crippen LogP contribution in [0.15, 0.2) is 73.1 Å². The highest BCUT2D eigenvalue weighted by Gasteiger charge is 2.39. The van der Waals surface area contributed by atoms with Gasteiger partial charge in [0, 0.05) is 39.8 Å². The minimum absolute atomic E-state index is 0.0236. The Kier molecular flexibility index (Phi) is 6.60. The molecule has 0 aliphatic carbocycles. The number of rotatable bonds is 7. The number of carbonyl (C=O) groups is 3. The van der Waals surface area contributed by atoms with Crippen LogP contribution in [-0.2, 0) is 27.8 Å². The molecule has 3 amide bonds. The average molecular weight is 624 g/mol. The third kappa shape index (κ3) is 5.92. The van der Waals surface area contributed by atoms with E-state index in [2.05, 4.69) is 20.7 Å². The number of anilines is 2. The molecule has 0 radical (unpaired) electrons. The van der Waals surface area contributed by atoms with Gasteiger partial charge in [0.05, 0.1) is 23.1 Å². The average Bonchev–Trinajstić information content (AvgIpc) is 3.64. The number of hydrogen-bond acceptors (Lipinski definition) is 6. The molecule has 1 unspecified atom stereocenters. The van der Waals surface area contributed by atoms with Gasteiger partial charge in [-0.15, -0.1) is 5.10 Å². The molecule has 43 heavy (non-hydrogen) atoms. The Morgan fingerprint density at radius 2 is 1.84 bits per heavy atom. The summed E-state index contributed by atoms with van der Waals surface area (Å²) in [6.07, 6.45) is 2.75. The van der Waals surface area contributed by atoms with E-state index in [4.69, 9.17) is 27.3 Å². The molecule has 6 rings (SSSR count). The zero-order valence-corrected chi connectivity index (χ0v) is 23.6. The van der Waals surface area contributed by atoms with E-state index in [0.717, 1.165) is 4.68 Å². The number of piperazine rings is 1. The summed E-state index contributed by atoms with van der Waals surface area (Å²) < 4.78 is 38.6. The maximum absolute atomic E-state index is 13.8. The molecule has 3 heterocycles. The second-order valence-electron chi connectivity index (χ2n) is 9.80. The van der Waals surface area contributed by atoms with Crippen LogP contribution in [0.5, 0.6) is 0 Å². The number of nitrogens with one attached hydrogen (secondary N) is 1. The number of aromatic nitrogens is 5. The molecule has 0 spiro atoms. The Labute approximate surface area is 258 Å². The number of nitrogens with zero attached hydrogens (tertiary/aromatic N) is 7. The Morgan fingerprint density at radius 1 is 1.02 bits per heavy atom. The van der Waals surface area contributed by atoms with Crippen molar-refractivity contribution in [3.8, 4) is 5.69 Å². The molecule has 11 nitrogen and oxygen atoms in total. The largest absolute Gasteiger partial charge is 0.324 e. The SMILES string of the molecule is [2H]C([2H])([2H])n1cc2cc(NC(=O)C(Cc3ccc(F)cc3)N3CC(=O)N(c4cc(Cl)ccc4-n4cc(Cl)nn4)CC3=O)ccc2n1. The fourth-order valence-electron chi connectivity index (χ4n) is 4.92. The topological polar surface area (TPSA) is 118 Å². The minimum atomic E-state index is -2.48. The predicted molar refractivity (Wildman–Crippen MR) is 159 cm³/mol. The Hall–Kier alpha value is -4.81. The van der Waals surface area contributed by atoms with Gasteiger partial charge >= 0.3 is 0 Å². The number of aryl methyl sites for hydroxylation is 1. The van der Waals surface area contributed by atoms with Crippen LogP contribution in [0.3, 0.4) is 0 Å². The Bertz CT molecular complexity index is 1980. The third-order valence-corrected chi connectivity index (χ3v) is 7.36. The molecular formula is C29H23Cl2FN8O3. The van der Waals surface area contributed by atoms with Gasteiger partial charge in [-0.3, -0.25) is 24.0 Å². The monoisotopic (exact) mass is 623 g/mol. The van der Waals surface area contributed by atoms with Crippen molar-refractivity contribution in [1.82, 2.24) is 29.7 Å². The van der Waals surface area contributed by atoms with Crippen LogP contribution in [-0.4, -0.2) is 66.5 Å². The lowest BCUT2D eigenvalue weighted by molar-refractivity contribution is -0.143. The fraction of sp³-hybridized carbons (Fsp3) is 0.172. The maximum Gasteiger partial charge on any atom is 0.247 e. The van der Waals surface area contributed by atoms with E-state index in [0.29, 0.717) is 32.9 Å². The predicted octanol–water partition coefficient (Wildman–Crippen LogP) is 4.03. The quantitative estimate of drug-likeness (QED) is 0.292. The molecule has 2 aromatic heterocycles. The highest BCUT2D eigenvalue weighted by Crippen LogP contribution is 2.30. The number of carbonyl (C=O) groups excluding carboxylic acids is 3. The van der Waals surface area contributed by atoms with Crippen molar-refractivity contribution >= 4 is 63.2 Å². The number of fused-ring (bicyclic) bond motifs is 1. The standard InChI is InChI=1S/C29H23Cl2FN8O3/c1-37-13-18-11-21(7-8-22(18)35-37)33-29(43)25(10-17-2-5-20(32)6-3-17)39-16-27(41)38(15-28(39)42)24-12-19(30)4-9-23(24)40-14-26(31)34-36-40/h2-9,11-14,25H,10,15-16H2,1H3,(H,33,43)/i1D3. The molecule has 218 valence electrons. The Morgan fingerprint density at radius 3 is 2.58 bits per heavy atom. The summed E-state index contributed by atoms with van der Waals surface area (Å²) in [6.45, 7) is -3.35. The summed E-state index contributed by atoms with van der Waals surface area (Å²) in [5, 5.41) is 15.4. The summed E-state index contributed by atoms with van der Waals surface area (Å²) in [5.74, 6) is -2.10. The van der Waals surface area contributed by atoms with Crippen molar-refractivity contribution in [2.24, 2.45) is 6.98 Å². The van der Waals surface area contributed by atoms with Gasteiger partial charge < -0.3 is 10.2 Å². The van der Waals surface area contributed by atoms with E-state index in [1.54, 1.807) is 30.3 Å². The second-order valence-corrected chi connectivity index (χ2v) is 10.6. The summed E-state index contributed by atoms with van der Waals surface area (Å²) in [4.78, 5) is 43.6. The number of halogens is 3. The van der Waals surface area contributed by atoms with E-state index in [9.17, 15) is 18.8 Å². The molecule has 0 bridgehead atoms. The molecule has 5 aromatic rings. The molecule has 1 atom stereocenters. The zero-order chi connectivity index (χ0) is 32.7. The fourth-order valence-corrected chi connectivity index (χ4v) is 5.21. The van der Waals surface area contributed by atoms with Gasteiger partial charge in [-0.2, -0.15) is 5.10 Å². The summed E-state index contributed by atoms with van der Waals surface area (Å²) in [5.41, 5.74) is 1.97. The van der Waals surface area contributed by atoms with E-state index in [1.807, 2.05) is 0 Å². The Balaban J connectivity index is 1.29. The summed E-state index contributed by atoms with van der Waals surface area (Å²) >= 11 is 12.2. The van der Waals surface area contributed by atoms with Gasteiger partial charge in [0.2, 0.25) is 17.7 Å². The van der Waals surface area contributed by atoms with Gasteiger partial charge in [-0.05, 0) is 54.1 Å². The van der Waals surface area contributed by atoms with Crippen molar-refractivity contribution in [1.29, 1.82) is 0 Å². The van der Waals surface area contributed by atoms with E-state index >= 15 is 0 Å². The lowest BCUT2D eigenvalue weighted by Gasteiger charge is -2.38. The van der Waals surface area contributed by atoms with E-state index in [1.165, 1.54) is 57.2 Å². The van der Waals surface area contributed by atoms with Crippen molar-refractivity contribution in [2.45, 2.75) is 12.5 Å². The maximum atomic E-state index is 13.8. The highest BCUT2D eigenvalue weighted by molar-refractivity contribution is 6.31. The molecule has 1 aliphatic heterocycles. The molecule has 1 saturated heterocycles. The van der Waals surface area contributed by atoms with Crippen LogP contribution in [0, 0.1) is 5.82 Å². The summed E-state index contributed by atoms with van der Waals surface area (Å²) in [6, 6.07) is 13.7. The molecule has 14 heteroatoms. The first-order valence-corrected chi connectivity index (χ1v) is 13.6.